The first-order chi connectivity index (χ1) is 10.1. The van der Waals surface area contributed by atoms with Crippen molar-refractivity contribution in [1.29, 1.82) is 0 Å². The number of rotatable bonds is 6. The molecule has 0 aliphatic rings. The molecular formula is C15H16N2O4. The number of aromatic carboxylic acids is 1. The van der Waals surface area contributed by atoms with E-state index >= 15 is 0 Å². The van der Waals surface area contributed by atoms with Crippen LogP contribution < -0.4 is 10.6 Å². The summed E-state index contributed by atoms with van der Waals surface area (Å²) in [7, 11) is 0. The molecule has 0 aliphatic heterocycles. The highest BCUT2D eigenvalue weighted by Crippen LogP contribution is 2.05. The molecule has 110 valence electrons. The van der Waals surface area contributed by atoms with E-state index in [0.717, 1.165) is 5.56 Å². The average Bonchev–Trinajstić information content (AvgIpc) is 2.99. The lowest BCUT2D eigenvalue weighted by molar-refractivity contribution is 0.0696. The number of carboxylic acids is 1. The maximum Gasteiger partial charge on any atom is 0.335 e. The van der Waals surface area contributed by atoms with Gasteiger partial charge in [-0.1, -0.05) is 12.1 Å². The third-order valence-electron chi connectivity index (χ3n) is 2.88. The van der Waals surface area contributed by atoms with E-state index in [1.54, 1.807) is 30.5 Å². The smallest absolute Gasteiger partial charge is 0.335 e. The Labute approximate surface area is 121 Å². The summed E-state index contributed by atoms with van der Waals surface area (Å²) in [5.74, 6) is -0.277. The molecule has 0 spiro atoms. The Morgan fingerprint density at radius 3 is 2.71 bits per heavy atom. The van der Waals surface area contributed by atoms with Gasteiger partial charge in [-0.05, 0) is 36.2 Å². The van der Waals surface area contributed by atoms with Crippen molar-refractivity contribution in [2.24, 2.45) is 0 Å². The fourth-order valence-electron chi connectivity index (χ4n) is 1.82. The van der Waals surface area contributed by atoms with Gasteiger partial charge in [-0.2, -0.15) is 0 Å². The first kappa shape index (κ1) is 14.6. The summed E-state index contributed by atoms with van der Waals surface area (Å²) < 4.78 is 5.10. The molecule has 0 fully saturated rings. The maximum atomic E-state index is 11.5. The predicted octanol–water partition coefficient (Wildman–Crippen LogP) is 2.02. The standard InChI is InChI=1S/C15H16N2O4/c18-14(19)12-4-1-3-11(9-12)6-7-16-15(20)17-10-13-5-2-8-21-13/h1-5,8-9H,6-7,10H2,(H,18,19)(H2,16,17,20). The summed E-state index contributed by atoms with van der Waals surface area (Å²) in [5.41, 5.74) is 1.11. The van der Waals surface area contributed by atoms with Crippen molar-refractivity contribution in [3.8, 4) is 0 Å². The first-order valence-corrected chi connectivity index (χ1v) is 6.51. The van der Waals surface area contributed by atoms with Crippen molar-refractivity contribution < 1.29 is 19.1 Å². The number of urea groups is 1. The van der Waals surface area contributed by atoms with Gasteiger partial charge in [-0.15, -0.1) is 0 Å². The molecule has 0 saturated carbocycles. The van der Waals surface area contributed by atoms with Crippen molar-refractivity contribution in [1.82, 2.24) is 10.6 Å². The molecule has 1 heterocycles. The van der Waals surface area contributed by atoms with Gasteiger partial charge in [0.2, 0.25) is 0 Å². The summed E-state index contributed by atoms with van der Waals surface area (Å²) in [6.07, 6.45) is 2.11. The Morgan fingerprint density at radius 2 is 2.00 bits per heavy atom. The van der Waals surface area contributed by atoms with Crippen LogP contribution in [0, 0.1) is 0 Å². The van der Waals surface area contributed by atoms with Crippen LogP contribution in [0.5, 0.6) is 0 Å². The lowest BCUT2D eigenvalue weighted by Crippen LogP contribution is -2.36. The first-order valence-electron chi connectivity index (χ1n) is 6.51. The molecule has 0 radical (unpaired) electrons. The summed E-state index contributed by atoms with van der Waals surface area (Å²) >= 11 is 0. The van der Waals surface area contributed by atoms with Gasteiger partial charge in [0.05, 0.1) is 18.4 Å². The number of carboxylic acid groups (broad SMARTS) is 1. The van der Waals surface area contributed by atoms with Gasteiger partial charge in [0.1, 0.15) is 5.76 Å². The van der Waals surface area contributed by atoms with Crippen LogP contribution in [0.4, 0.5) is 4.79 Å². The van der Waals surface area contributed by atoms with Gasteiger partial charge in [-0.25, -0.2) is 9.59 Å². The normalized spacial score (nSPS) is 10.1. The highest BCUT2D eigenvalue weighted by molar-refractivity contribution is 5.87. The molecule has 2 aromatic rings. The highest BCUT2D eigenvalue weighted by Gasteiger charge is 2.04. The quantitative estimate of drug-likeness (QED) is 0.758. The lowest BCUT2D eigenvalue weighted by Gasteiger charge is -2.07. The van der Waals surface area contributed by atoms with E-state index in [1.165, 1.54) is 6.07 Å². The van der Waals surface area contributed by atoms with Crippen molar-refractivity contribution in [3.05, 3.63) is 59.5 Å². The number of hydrogen-bond acceptors (Lipinski definition) is 3. The molecule has 2 amide bonds. The second-order valence-corrected chi connectivity index (χ2v) is 4.44. The number of furan rings is 1. The summed E-state index contributed by atoms with van der Waals surface area (Å²) in [6.45, 7) is 0.750. The zero-order chi connectivity index (χ0) is 15.1. The zero-order valence-corrected chi connectivity index (χ0v) is 11.3. The molecule has 2 rings (SSSR count). The minimum Gasteiger partial charge on any atom is -0.478 e. The number of carbonyl (C=O) groups is 2. The molecule has 6 heteroatoms. The third-order valence-corrected chi connectivity index (χ3v) is 2.88. The molecular weight excluding hydrogens is 272 g/mol. The van der Waals surface area contributed by atoms with Crippen molar-refractivity contribution in [2.45, 2.75) is 13.0 Å². The molecule has 0 aliphatic carbocycles. The van der Waals surface area contributed by atoms with Crippen LogP contribution in [0.1, 0.15) is 21.7 Å². The molecule has 0 atom stereocenters. The third kappa shape index (κ3) is 4.68. The molecule has 0 bridgehead atoms. The van der Waals surface area contributed by atoms with E-state index in [-0.39, 0.29) is 11.6 Å². The summed E-state index contributed by atoms with van der Waals surface area (Å²) in [4.78, 5) is 22.4. The number of benzene rings is 1. The molecule has 21 heavy (non-hydrogen) atoms. The maximum absolute atomic E-state index is 11.5. The van der Waals surface area contributed by atoms with Crippen LogP contribution in [0.3, 0.4) is 0 Å². The molecule has 6 nitrogen and oxygen atoms in total. The van der Waals surface area contributed by atoms with Gasteiger partial charge < -0.3 is 20.2 Å². The SMILES string of the molecule is O=C(NCCc1cccc(C(=O)O)c1)NCc1ccco1. The number of nitrogens with one attached hydrogen (secondary N) is 2. The summed E-state index contributed by atoms with van der Waals surface area (Å²) in [5, 5.41) is 14.3. The van der Waals surface area contributed by atoms with E-state index in [2.05, 4.69) is 10.6 Å². The second kappa shape index (κ2) is 7.14. The second-order valence-electron chi connectivity index (χ2n) is 4.44. The molecule has 1 aromatic heterocycles. The topological polar surface area (TPSA) is 91.6 Å². The zero-order valence-electron chi connectivity index (χ0n) is 11.3. The largest absolute Gasteiger partial charge is 0.478 e. The monoisotopic (exact) mass is 288 g/mol. The Morgan fingerprint density at radius 1 is 1.14 bits per heavy atom. The number of amides is 2. The fourth-order valence-corrected chi connectivity index (χ4v) is 1.82. The van der Waals surface area contributed by atoms with Crippen LogP contribution in [0.2, 0.25) is 0 Å². The molecule has 0 unspecified atom stereocenters. The van der Waals surface area contributed by atoms with E-state index < -0.39 is 5.97 Å². The van der Waals surface area contributed by atoms with E-state index in [4.69, 9.17) is 9.52 Å². The van der Waals surface area contributed by atoms with Crippen LogP contribution in [-0.4, -0.2) is 23.7 Å². The minimum absolute atomic E-state index is 0.245. The average molecular weight is 288 g/mol. The van der Waals surface area contributed by atoms with Crippen molar-refractivity contribution in [3.63, 3.8) is 0 Å². The van der Waals surface area contributed by atoms with Gasteiger partial charge >= 0.3 is 12.0 Å². The van der Waals surface area contributed by atoms with Gasteiger partial charge in [-0.3, -0.25) is 0 Å². The van der Waals surface area contributed by atoms with Crippen LogP contribution in [-0.2, 0) is 13.0 Å². The number of carbonyl (C=O) groups excluding carboxylic acids is 1. The van der Waals surface area contributed by atoms with Gasteiger partial charge in [0.25, 0.3) is 0 Å². The molecule has 0 saturated heterocycles. The van der Waals surface area contributed by atoms with E-state index in [1.807, 2.05) is 6.07 Å². The highest BCUT2D eigenvalue weighted by atomic mass is 16.4. The Balaban J connectivity index is 1.72. The Hall–Kier alpha value is -2.76. The number of hydrogen-bond donors (Lipinski definition) is 3. The van der Waals surface area contributed by atoms with Crippen LogP contribution >= 0.6 is 0 Å². The minimum atomic E-state index is -0.957. The fraction of sp³-hybridized carbons (Fsp3) is 0.200. The predicted molar refractivity (Wildman–Crippen MR) is 76.1 cm³/mol. The van der Waals surface area contributed by atoms with Crippen molar-refractivity contribution >= 4 is 12.0 Å². The van der Waals surface area contributed by atoms with Crippen LogP contribution in [0.25, 0.3) is 0 Å². The molecule has 1 aromatic carbocycles. The lowest BCUT2D eigenvalue weighted by atomic mass is 10.1. The van der Waals surface area contributed by atoms with E-state index in [0.29, 0.717) is 25.3 Å². The van der Waals surface area contributed by atoms with Crippen molar-refractivity contribution in [2.75, 3.05) is 6.54 Å². The molecule has 3 N–H and O–H groups in total. The Bertz CT molecular complexity index is 608. The van der Waals surface area contributed by atoms with Gasteiger partial charge in [0, 0.05) is 6.54 Å². The Kier molecular flexibility index (Phi) is 4.98. The van der Waals surface area contributed by atoms with E-state index in [9.17, 15) is 9.59 Å². The van der Waals surface area contributed by atoms with Crippen LogP contribution in [0.15, 0.2) is 47.1 Å². The van der Waals surface area contributed by atoms with Gasteiger partial charge in [0.15, 0.2) is 0 Å². The summed E-state index contributed by atoms with van der Waals surface area (Å²) in [6, 6.07) is 9.90.